The number of nitrogens with one attached hydrogen (secondary N) is 1. The Morgan fingerprint density at radius 3 is 2.41 bits per heavy atom. The van der Waals surface area contributed by atoms with Crippen molar-refractivity contribution in [1.82, 2.24) is 9.62 Å². The Hall–Kier alpha value is -2.54. The Kier molecular flexibility index (Phi) is 7.93. The van der Waals surface area contributed by atoms with Crippen molar-refractivity contribution in [1.29, 1.82) is 0 Å². The molecule has 14 heteroatoms. The Balaban J connectivity index is 1.27. The highest BCUT2D eigenvalue weighted by atomic mass is 35.5. The van der Waals surface area contributed by atoms with E-state index in [2.05, 4.69) is 15.2 Å². The molecule has 0 aromatic heterocycles. The van der Waals surface area contributed by atoms with E-state index >= 15 is 0 Å². The van der Waals surface area contributed by atoms with Crippen molar-refractivity contribution < 1.29 is 36.0 Å². The van der Waals surface area contributed by atoms with Gasteiger partial charge in [0.05, 0.1) is 14.9 Å². The molecule has 0 saturated carbocycles. The fraction of sp³-hybridized carbons (Fsp3) is 0.391. The maximum Gasteiger partial charge on any atom is 0.573 e. The molecule has 1 saturated heterocycles. The average Bonchev–Trinajstić information content (AvgIpc) is 3.24. The quantitative estimate of drug-likeness (QED) is 0.519. The predicted molar refractivity (Wildman–Crippen MR) is 130 cm³/mol. The zero-order valence-electron chi connectivity index (χ0n) is 19.2. The molecule has 0 radical (unpaired) electrons. The van der Waals surface area contributed by atoms with Gasteiger partial charge in [-0.2, -0.15) is 4.31 Å². The lowest BCUT2D eigenvalue weighted by Crippen LogP contribution is -2.47. The van der Waals surface area contributed by atoms with E-state index < -0.39 is 27.7 Å². The second kappa shape index (κ2) is 10.7. The number of nitrogens with zero attached hydrogens (tertiary/aromatic N) is 2. The molecule has 2 aromatic carbocycles. The molecule has 2 aromatic rings. The summed E-state index contributed by atoms with van der Waals surface area (Å²) >= 11 is 11.9. The highest BCUT2D eigenvalue weighted by molar-refractivity contribution is 7.89. The van der Waals surface area contributed by atoms with E-state index in [0.717, 1.165) is 29.8 Å². The Morgan fingerprint density at radius 2 is 1.78 bits per heavy atom. The van der Waals surface area contributed by atoms with E-state index in [1.807, 2.05) is 6.07 Å². The van der Waals surface area contributed by atoms with Crippen LogP contribution in [0.3, 0.4) is 0 Å². The van der Waals surface area contributed by atoms with Crippen molar-refractivity contribution >= 4 is 44.8 Å². The van der Waals surface area contributed by atoms with E-state index in [4.69, 9.17) is 28.0 Å². The number of carbonyl (C=O) groups excluding carboxylic acids is 1. The fourth-order valence-corrected chi connectivity index (χ4v) is 5.89. The molecule has 2 heterocycles. The molecule has 4 rings (SSSR count). The number of benzene rings is 2. The second-order valence-electron chi connectivity index (χ2n) is 8.67. The van der Waals surface area contributed by atoms with Crippen LogP contribution in [0, 0.1) is 0 Å². The van der Waals surface area contributed by atoms with Crippen LogP contribution < -0.4 is 10.1 Å². The lowest BCUT2D eigenvalue weighted by atomic mass is 9.87. The minimum Gasteiger partial charge on any atom is -0.406 e. The van der Waals surface area contributed by atoms with Crippen molar-refractivity contribution in [3.05, 3.63) is 58.1 Å². The maximum absolute atomic E-state index is 12.9. The van der Waals surface area contributed by atoms with Gasteiger partial charge in [0.1, 0.15) is 17.1 Å². The summed E-state index contributed by atoms with van der Waals surface area (Å²) < 4.78 is 67.9. The molecule has 0 aliphatic carbocycles. The van der Waals surface area contributed by atoms with Gasteiger partial charge >= 0.3 is 6.36 Å². The summed E-state index contributed by atoms with van der Waals surface area (Å²) in [5.41, 5.74) is 0.352. The molecule has 200 valence electrons. The molecular weight excluding hydrogens is 558 g/mol. The first-order valence-electron chi connectivity index (χ1n) is 11.2. The van der Waals surface area contributed by atoms with Crippen LogP contribution in [0.4, 0.5) is 13.2 Å². The summed E-state index contributed by atoms with van der Waals surface area (Å²) in [5.74, 6) is -0.878. The van der Waals surface area contributed by atoms with Crippen LogP contribution in [0.15, 0.2) is 52.5 Å². The monoisotopic (exact) mass is 579 g/mol. The molecule has 1 fully saturated rings. The molecule has 2 aliphatic rings. The molecule has 2 aliphatic heterocycles. The number of oxime groups is 1. The molecule has 1 N–H and O–H groups in total. The van der Waals surface area contributed by atoms with E-state index in [1.54, 1.807) is 12.1 Å². The molecule has 0 bridgehead atoms. The Morgan fingerprint density at radius 1 is 1.11 bits per heavy atom. The number of carbonyl (C=O) groups is 1. The summed E-state index contributed by atoms with van der Waals surface area (Å²) in [5, 5.41) is 7.61. The third-order valence-electron chi connectivity index (χ3n) is 6.11. The zero-order valence-corrected chi connectivity index (χ0v) is 21.6. The molecule has 0 unspecified atom stereocenters. The summed E-state index contributed by atoms with van der Waals surface area (Å²) in [7, 11) is -3.94. The average molecular weight is 580 g/mol. The van der Waals surface area contributed by atoms with Crippen molar-refractivity contribution in [2.45, 2.75) is 42.5 Å². The predicted octanol–water partition coefficient (Wildman–Crippen LogP) is 4.55. The normalized spacial score (nSPS) is 17.8. The summed E-state index contributed by atoms with van der Waals surface area (Å²) in [4.78, 5) is 18.0. The number of alkyl halides is 3. The number of rotatable bonds is 7. The number of hydrogen-bond acceptors (Lipinski definition) is 6. The molecule has 1 spiro atoms. The van der Waals surface area contributed by atoms with Crippen molar-refractivity contribution in [2.24, 2.45) is 5.16 Å². The van der Waals surface area contributed by atoms with E-state index in [1.165, 1.54) is 4.31 Å². The topological polar surface area (TPSA) is 97.3 Å². The first kappa shape index (κ1) is 27.5. The van der Waals surface area contributed by atoms with Crippen LogP contribution in [0.5, 0.6) is 5.75 Å². The smallest absolute Gasteiger partial charge is 0.406 e. The standard InChI is InChI=1S/C23H22Cl2F3N3O5S/c24-18-6-1-15(13-19(18)25)7-10-29-21(32)20-14-22(36-30-20)8-11-31(12-9-22)37(33,34)17-4-2-16(3-5-17)35-23(26,27)28/h1-6,13H,7-12,14H2,(H,29,32). The van der Waals surface area contributed by atoms with Crippen molar-refractivity contribution in [3.63, 3.8) is 0 Å². The largest absolute Gasteiger partial charge is 0.573 e. The van der Waals surface area contributed by atoms with Gasteiger partial charge in [-0.1, -0.05) is 34.4 Å². The summed E-state index contributed by atoms with van der Waals surface area (Å²) in [6.45, 7) is 0.553. The Bertz CT molecular complexity index is 1300. The summed E-state index contributed by atoms with van der Waals surface area (Å²) in [6.07, 6.45) is -3.50. The second-order valence-corrected chi connectivity index (χ2v) is 11.4. The highest BCUT2D eigenvalue weighted by Crippen LogP contribution is 2.36. The number of amides is 1. The zero-order chi connectivity index (χ0) is 26.8. The van der Waals surface area contributed by atoms with Gasteiger partial charge in [0.25, 0.3) is 5.91 Å². The minimum atomic E-state index is -4.87. The molecule has 0 atom stereocenters. The molecular formula is C23H22Cl2F3N3O5S. The van der Waals surface area contributed by atoms with Crippen LogP contribution in [-0.4, -0.2) is 55.9 Å². The Labute approximate surface area is 221 Å². The van der Waals surface area contributed by atoms with Crippen LogP contribution >= 0.6 is 23.2 Å². The van der Waals surface area contributed by atoms with Gasteiger partial charge in [-0.05, 0) is 48.4 Å². The number of piperidine rings is 1. The van der Waals surface area contributed by atoms with Gasteiger partial charge in [-0.15, -0.1) is 13.2 Å². The third-order valence-corrected chi connectivity index (χ3v) is 8.77. The maximum atomic E-state index is 12.9. The van der Waals surface area contributed by atoms with Gasteiger partial charge in [-0.25, -0.2) is 8.42 Å². The third kappa shape index (κ3) is 6.67. The number of hydrogen-bond donors (Lipinski definition) is 1. The number of ether oxygens (including phenoxy) is 1. The summed E-state index contributed by atoms with van der Waals surface area (Å²) in [6, 6.07) is 9.26. The van der Waals surface area contributed by atoms with Gasteiger partial charge in [0.15, 0.2) is 0 Å². The lowest BCUT2D eigenvalue weighted by Gasteiger charge is -2.36. The molecule has 1 amide bonds. The van der Waals surface area contributed by atoms with Crippen LogP contribution in [0.1, 0.15) is 24.8 Å². The van der Waals surface area contributed by atoms with Crippen LogP contribution in [0.2, 0.25) is 10.0 Å². The minimum absolute atomic E-state index is 0.102. The van der Waals surface area contributed by atoms with E-state index in [0.29, 0.717) is 35.9 Å². The van der Waals surface area contributed by atoms with E-state index in [-0.39, 0.29) is 36.0 Å². The lowest BCUT2D eigenvalue weighted by molar-refractivity contribution is -0.274. The SMILES string of the molecule is O=C(NCCc1ccc(Cl)c(Cl)c1)C1=NOC2(CCN(S(=O)(=O)c3ccc(OC(F)(F)F)cc3)CC2)C1. The number of sulfonamides is 1. The van der Waals surface area contributed by atoms with Gasteiger partial charge in [-0.3, -0.25) is 4.79 Å². The van der Waals surface area contributed by atoms with E-state index in [9.17, 15) is 26.4 Å². The van der Waals surface area contributed by atoms with Gasteiger partial charge in [0, 0.05) is 38.9 Å². The van der Waals surface area contributed by atoms with Crippen molar-refractivity contribution in [2.75, 3.05) is 19.6 Å². The van der Waals surface area contributed by atoms with Crippen LogP contribution in [-0.2, 0) is 26.1 Å². The van der Waals surface area contributed by atoms with Crippen LogP contribution in [0.25, 0.3) is 0 Å². The van der Waals surface area contributed by atoms with Gasteiger partial charge < -0.3 is 14.9 Å². The highest BCUT2D eigenvalue weighted by Gasteiger charge is 2.45. The first-order valence-corrected chi connectivity index (χ1v) is 13.4. The van der Waals surface area contributed by atoms with Crippen molar-refractivity contribution in [3.8, 4) is 5.75 Å². The molecule has 8 nitrogen and oxygen atoms in total. The number of halogens is 5. The molecule has 37 heavy (non-hydrogen) atoms. The first-order chi connectivity index (χ1) is 17.4. The fourth-order valence-electron chi connectivity index (χ4n) is 4.13. The van der Waals surface area contributed by atoms with Gasteiger partial charge in [0.2, 0.25) is 10.0 Å².